The second-order valence-electron chi connectivity index (χ2n) is 7.20. The van der Waals surface area contributed by atoms with Crippen LogP contribution in [0.3, 0.4) is 0 Å². The smallest absolute Gasteiger partial charge is 0.232 e. The fourth-order valence-corrected chi connectivity index (χ4v) is 3.74. The first kappa shape index (κ1) is 17.4. The van der Waals surface area contributed by atoms with Gasteiger partial charge in [0.1, 0.15) is 11.0 Å². The van der Waals surface area contributed by atoms with Crippen molar-refractivity contribution in [2.45, 2.75) is 19.8 Å². The lowest BCUT2D eigenvalue weighted by Gasteiger charge is -2.32. The highest BCUT2D eigenvalue weighted by molar-refractivity contribution is 6.12. The van der Waals surface area contributed by atoms with Gasteiger partial charge in [-0.1, -0.05) is 60.2 Å². The molecule has 29 heavy (non-hydrogen) atoms. The van der Waals surface area contributed by atoms with Gasteiger partial charge in [0.2, 0.25) is 5.91 Å². The van der Waals surface area contributed by atoms with E-state index in [4.69, 9.17) is 0 Å². The number of rotatable bonds is 3. The molecule has 0 N–H and O–H groups in total. The summed E-state index contributed by atoms with van der Waals surface area (Å²) >= 11 is 0. The molecule has 1 aromatic heterocycles. The molecule has 0 radical (unpaired) electrons. The van der Waals surface area contributed by atoms with Crippen molar-refractivity contribution in [3.05, 3.63) is 90.0 Å². The van der Waals surface area contributed by atoms with Crippen LogP contribution in [0.15, 0.2) is 78.9 Å². The van der Waals surface area contributed by atoms with E-state index in [9.17, 15) is 4.79 Å². The van der Waals surface area contributed by atoms with Crippen LogP contribution in [-0.4, -0.2) is 20.9 Å². The minimum absolute atomic E-state index is 0.0770. The normalized spacial score (nSPS) is 14.7. The molecule has 4 aromatic rings. The maximum Gasteiger partial charge on any atom is 0.232 e. The van der Waals surface area contributed by atoms with Crippen LogP contribution in [0.1, 0.15) is 24.0 Å². The number of anilines is 1. The third-order valence-electron chi connectivity index (χ3n) is 5.19. The Morgan fingerprint density at radius 2 is 1.38 bits per heavy atom. The van der Waals surface area contributed by atoms with Crippen LogP contribution < -0.4 is 4.90 Å². The number of nitrogens with zero attached hydrogens (tertiary/aromatic N) is 4. The zero-order valence-electron chi connectivity index (χ0n) is 16.1. The standard InChI is InChI=1S/C24H20N4O/c1-17-11-13-19(14-12-17)27-23(29)16-15-22(24(27)18-7-3-2-4-8-18)28-25-20-9-5-6-10-21(20)26-28/h2-14H,15-16H2,1H3. The number of aromatic nitrogens is 3. The molecule has 2 heterocycles. The third kappa shape index (κ3) is 3.10. The Balaban J connectivity index is 1.76. The average molecular weight is 380 g/mol. The summed E-state index contributed by atoms with van der Waals surface area (Å²) in [5, 5.41) is 9.38. The van der Waals surface area contributed by atoms with Gasteiger partial charge in [0.25, 0.3) is 0 Å². The van der Waals surface area contributed by atoms with Gasteiger partial charge >= 0.3 is 0 Å². The van der Waals surface area contributed by atoms with E-state index in [1.165, 1.54) is 0 Å². The molecule has 0 saturated heterocycles. The molecule has 0 spiro atoms. The molecular formula is C24H20N4O. The molecule has 0 fully saturated rings. The minimum atomic E-state index is 0.0770. The summed E-state index contributed by atoms with van der Waals surface area (Å²) in [6.45, 7) is 2.04. The van der Waals surface area contributed by atoms with E-state index in [0.29, 0.717) is 12.8 Å². The SMILES string of the molecule is Cc1ccc(N2C(=O)CCC(n3nc4ccccc4n3)=C2c2ccccc2)cc1. The Morgan fingerprint density at radius 1 is 0.759 bits per heavy atom. The van der Waals surface area contributed by atoms with Crippen LogP contribution in [-0.2, 0) is 4.79 Å². The second-order valence-corrected chi connectivity index (χ2v) is 7.20. The van der Waals surface area contributed by atoms with E-state index in [1.54, 1.807) is 4.80 Å². The molecule has 0 atom stereocenters. The van der Waals surface area contributed by atoms with E-state index in [-0.39, 0.29) is 5.91 Å². The fraction of sp³-hybridized carbons (Fsp3) is 0.125. The second kappa shape index (κ2) is 7.02. The molecule has 5 heteroatoms. The van der Waals surface area contributed by atoms with E-state index in [2.05, 4.69) is 10.2 Å². The lowest BCUT2D eigenvalue weighted by atomic mass is 10.00. The van der Waals surface area contributed by atoms with Gasteiger partial charge in [-0.15, -0.1) is 10.2 Å². The quantitative estimate of drug-likeness (QED) is 0.508. The highest BCUT2D eigenvalue weighted by atomic mass is 16.2. The number of hydrogen-bond acceptors (Lipinski definition) is 3. The first-order valence-electron chi connectivity index (χ1n) is 9.71. The third-order valence-corrected chi connectivity index (χ3v) is 5.19. The zero-order valence-corrected chi connectivity index (χ0v) is 16.1. The van der Waals surface area contributed by atoms with Crippen molar-refractivity contribution in [2.75, 3.05) is 4.90 Å². The monoisotopic (exact) mass is 380 g/mol. The Hall–Kier alpha value is -3.73. The highest BCUT2D eigenvalue weighted by Crippen LogP contribution is 2.37. The van der Waals surface area contributed by atoms with Crippen LogP contribution in [0.2, 0.25) is 0 Å². The van der Waals surface area contributed by atoms with Gasteiger partial charge in [0, 0.05) is 24.1 Å². The largest absolute Gasteiger partial charge is 0.279 e. The van der Waals surface area contributed by atoms with Crippen molar-refractivity contribution in [1.29, 1.82) is 0 Å². The Morgan fingerprint density at radius 3 is 2.03 bits per heavy atom. The number of carbonyl (C=O) groups is 1. The summed E-state index contributed by atoms with van der Waals surface area (Å²) in [5.74, 6) is 0.0770. The number of carbonyl (C=O) groups excluding carboxylic acids is 1. The number of hydrogen-bond donors (Lipinski definition) is 0. The molecule has 5 nitrogen and oxygen atoms in total. The number of fused-ring (bicyclic) bond motifs is 1. The van der Waals surface area contributed by atoms with Crippen molar-refractivity contribution < 1.29 is 4.79 Å². The number of amides is 1. The van der Waals surface area contributed by atoms with Crippen molar-refractivity contribution in [1.82, 2.24) is 15.0 Å². The van der Waals surface area contributed by atoms with E-state index in [1.807, 2.05) is 90.7 Å². The highest BCUT2D eigenvalue weighted by Gasteiger charge is 2.31. The van der Waals surface area contributed by atoms with Crippen molar-refractivity contribution in [3.63, 3.8) is 0 Å². The number of aryl methyl sites for hydroxylation is 1. The molecule has 1 amide bonds. The van der Waals surface area contributed by atoms with Crippen molar-refractivity contribution in [3.8, 4) is 0 Å². The molecular weight excluding hydrogens is 360 g/mol. The summed E-state index contributed by atoms with van der Waals surface area (Å²) in [7, 11) is 0. The maximum absolute atomic E-state index is 13.1. The molecule has 1 aliphatic rings. The van der Waals surface area contributed by atoms with Crippen LogP contribution >= 0.6 is 0 Å². The van der Waals surface area contributed by atoms with Gasteiger partial charge < -0.3 is 0 Å². The summed E-state index contributed by atoms with van der Waals surface area (Å²) in [4.78, 5) is 16.6. The first-order chi connectivity index (χ1) is 14.2. The summed E-state index contributed by atoms with van der Waals surface area (Å²) in [6, 6.07) is 25.9. The van der Waals surface area contributed by atoms with Crippen LogP contribution in [0, 0.1) is 6.92 Å². The molecule has 1 aliphatic heterocycles. The zero-order chi connectivity index (χ0) is 19.8. The topological polar surface area (TPSA) is 51.0 Å². The summed E-state index contributed by atoms with van der Waals surface area (Å²) in [6.07, 6.45) is 1.00. The fourth-order valence-electron chi connectivity index (χ4n) is 3.74. The number of allylic oxidation sites excluding steroid dienone is 1. The Bertz CT molecular complexity index is 1190. The van der Waals surface area contributed by atoms with E-state index < -0.39 is 0 Å². The molecule has 5 rings (SSSR count). The molecule has 0 saturated carbocycles. The average Bonchev–Trinajstić information content (AvgIpc) is 3.19. The molecule has 0 bridgehead atoms. The van der Waals surface area contributed by atoms with Gasteiger partial charge in [-0.25, -0.2) is 0 Å². The molecule has 142 valence electrons. The van der Waals surface area contributed by atoms with Crippen LogP contribution in [0.4, 0.5) is 5.69 Å². The first-order valence-corrected chi connectivity index (χ1v) is 9.71. The van der Waals surface area contributed by atoms with Crippen molar-refractivity contribution >= 4 is 34.0 Å². The van der Waals surface area contributed by atoms with Gasteiger partial charge in [-0.2, -0.15) is 4.80 Å². The maximum atomic E-state index is 13.1. The van der Waals surface area contributed by atoms with Gasteiger partial charge in [-0.3, -0.25) is 9.69 Å². The van der Waals surface area contributed by atoms with Crippen molar-refractivity contribution in [2.24, 2.45) is 0 Å². The molecule has 3 aromatic carbocycles. The predicted octanol–water partition coefficient (Wildman–Crippen LogP) is 4.89. The Labute approximate surface area is 168 Å². The molecule has 0 aliphatic carbocycles. The lowest BCUT2D eigenvalue weighted by molar-refractivity contribution is -0.117. The summed E-state index contributed by atoms with van der Waals surface area (Å²) < 4.78 is 0. The van der Waals surface area contributed by atoms with Crippen LogP contribution in [0.5, 0.6) is 0 Å². The van der Waals surface area contributed by atoms with Crippen LogP contribution in [0.25, 0.3) is 22.4 Å². The van der Waals surface area contributed by atoms with E-state index in [0.717, 1.165) is 39.2 Å². The summed E-state index contributed by atoms with van der Waals surface area (Å²) in [5.41, 5.74) is 6.42. The lowest BCUT2D eigenvalue weighted by Crippen LogP contribution is -2.34. The van der Waals surface area contributed by atoms with E-state index >= 15 is 0 Å². The molecule has 0 unspecified atom stereocenters. The van der Waals surface area contributed by atoms with Gasteiger partial charge in [-0.05, 0) is 31.2 Å². The Kier molecular flexibility index (Phi) is 4.21. The van der Waals surface area contributed by atoms with Gasteiger partial charge in [0.15, 0.2) is 0 Å². The van der Waals surface area contributed by atoms with Gasteiger partial charge in [0.05, 0.1) is 11.4 Å². The minimum Gasteiger partial charge on any atom is -0.279 e. The predicted molar refractivity (Wildman–Crippen MR) is 115 cm³/mol. The number of benzene rings is 3.